The van der Waals surface area contributed by atoms with Crippen LogP contribution in [0.15, 0.2) is 23.5 Å². The van der Waals surface area contributed by atoms with E-state index in [0.717, 1.165) is 18.7 Å². The van der Waals surface area contributed by atoms with Gasteiger partial charge in [-0.15, -0.1) is 10.2 Å². The minimum Gasteiger partial charge on any atom is -0.366 e. The van der Waals surface area contributed by atoms with Crippen LogP contribution in [0.1, 0.15) is 60.4 Å². The SMILES string of the molecule is Cc1c[nH]cc(C(=O)N2CCCC(c3nncn3C(C)C)C2)c1=O. The highest BCUT2D eigenvalue weighted by Gasteiger charge is 2.29. The molecule has 0 radical (unpaired) electrons. The van der Waals surface area contributed by atoms with Crippen LogP contribution in [0.5, 0.6) is 0 Å². The van der Waals surface area contributed by atoms with E-state index in [4.69, 9.17) is 0 Å². The van der Waals surface area contributed by atoms with E-state index in [1.165, 1.54) is 6.20 Å². The Hall–Kier alpha value is -2.44. The molecule has 3 heterocycles. The van der Waals surface area contributed by atoms with Crippen LogP contribution >= 0.6 is 0 Å². The normalized spacial score (nSPS) is 18.2. The van der Waals surface area contributed by atoms with E-state index >= 15 is 0 Å². The summed E-state index contributed by atoms with van der Waals surface area (Å²) >= 11 is 0. The molecule has 7 nitrogen and oxygen atoms in total. The molecular formula is C17H23N5O2. The van der Waals surface area contributed by atoms with Crippen molar-refractivity contribution in [3.63, 3.8) is 0 Å². The van der Waals surface area contributed by atoms with E-state index in [2.05, 4.69) is 33.6 Å². The number of hydrogen-bond acceptors (Lipinski definition) is 4. The van der Waals surface area contributed by atoms with Gasteiger partial charge in [0.25, 0.3) is 5.91 Å². The number of nitrogens with zero attached hydrogens (tertiary/aromatic N) is 4. The van der Waals surface area contributed by atoms with Crippen LogP contribution in [-0.2, 0) is 0 Å². The molecule has 24 heavy (non-hydrogen) atoms. The minimum atomic E-state index is -0.208. The van der Waals surface area contributed by atoms with Crippen molar-refractivity contribution in [1.82, 2.24) is 24.6 Å². The van der Waals surface area contributed by atoms with Crippen LogP contribution in [0.25, 0.3) is 0 Å². The fraction of sp³-hybridized carbons (Fsp3) is 0.529. The average molecular weight is 329 g/mol. The molecule has 3 rings (SSSR count). The molecule has 0 saturated carbocycles. The summed E-state index contributed by atoms with van der Waals surface area (Å²) in [6.45, 7) is 7.12. The smallest absolute Gasteiger partial charge is 0.259 e. The Balaban J connectivity index is 1.83. The van der Waals surface area contributed by atoms with Gasteiger partial charge in [0.1, 0.15) is 17.7 Å². The quantitative estimate of drug-likeness (QED) is 0.932. The molecule has 1 atom stereocenters. The van der Waals surface area contributed by atoms with Crippen LogP contribution in [0.2, 0.25) is 0 Å². The minimum absolute atomic E-state index is 0.150. The average Bonchev–Trinajstić information content (AvgIpc) is 3.07. The summed E-state index contributed by atoms with van der Waals surface area (Å²) in [7, 11) is 0. The van der Waals surface area contributed by atoms with Crippen LogP contribution in [-0.4, -0.2) is 43.6 Å². The zero-order valence-corrected chi connectivity index (χ0v) is 14.3. The molecule has 0 bridgehead atoms. The number of amides is 1. The van der Waals surface area contributed by atoms with E-state index in [-0.39, 0.29) is 28.9 Å². The van der Waals surface area contributed by atoms with Crippen LogP contribution in [0.3, 0.4) is 0 Å². The summed E-state index contributed by atoms with van der Waals surface area (Å²) in [4.78, 5) is 29.6. The number of pyridine rings is 1. The monoisotopic (exact) mass is 329 g/mol. The molecule has 0 aliphatic carbocycles. The highest BCUT2D eigenvalue weighted by atomic mass is 16.2. The maximum atomic E-state index is 12.8. The molecule has 0 spiro atoms. The van der Waals surface area contributed by atoms with Crippen molar-refractivity contribution in [3.8, 4) is 0 Å². The fourth-order valence-corrected chi connectivity index (χ4v) is 3.24. The third-order valence-electron chi connectivity index (χ3n) is 4.59. The lowest BCUT2D eigenvalue weighted by Gasteiger charge is -2.32. The van der Waals surface area contributed by atoms with Gasteiger partial charge < -0.3 is 14.5 Å². The Morgan fingerprint density at radius 2 is 2.17 bits per heavy atom. The largest absolute Gasteiger partial charge is 0.366 e. The molecule has 0 aromatic carbocycles. The summed E-state index contributed by atoms with van der Waals surface area (Å²) in [6.07, 6.45) is 6.72. The number of hydrogen-bond donors (Lipinski definition) is 1. The Kier molecular flexibility index (Phi) is 4.51. The van der Waals surface area contributed by atoms with Crippen molar-refractivity contribution in [1.29, 1.82) is 0 Å². The van der Waals surface area contributed by atoms with Gasteiger partial charge in [0.2, 0.25) is 0 Å². The summed E-state index contributed by atoms with van der Waals surface area (Å²) in [5.74, 6) is 0.859. The van der Waals surface area contributed by atoms with Crippen molar-refractivity contribution < 1.29 is 4.79 Å². The van der Waals surface area contributed by atoms with Crippen molar-refractivity contribution in [2.75, 3.05) is 13.1 Å². The molecule has 1 N–H and O–H groups in total. The summed E-state index contributed by atoms with van der Waals surface area (Å²) in [5, 5.41) is 8.29. The number of piperidine rings is 1. The van der Waals surface area contributed by atoms with Gasteiger partial charge in [0, 0.05) is 43.0 Å². The number of aromatic nitrogens is 4. The summed E-state index contributed by atoms with van der Waals surface area (Å²) in [5.41, 5.74) is 0.557. The molecule has 1 unspecified atom stereocenters. The summed E-state index contributed by atoms with van der Waals surface area (Å²) < 4.78 is 2.05. The van der Waals surface area contributed by atoms with E-state index in [9.17, 15) is 9.59 Å². The molecule has 1 amide bonds. The van der Waals surface area contributed by atoms with E-state index in [0.29, 0.717) is 18.7 Å². The lowest BCUT2D eigenvalue weighted by atomic mass is 9.96. The Morgan fingerprint density at radius 1 is 1.38 bits per heavy atom. The van der Waals surface area contributed by atoms with Gasteiger partial charge in [-0.2, -0.15) is 0 Å². The second-order valence-corrected chi connectivity index (χ2v) is 6.66. The van der Waals surface area contributed by atoms with Crippen molar-refractivity contribution in [2.24, 2.45) is 0 Å². The Morgan fingerprint density at radius 3 is 2.92 bits per heavy atom. The lowest BCUT2D eigenvalue weighted by Crippen LogP contribution is -2.41. The van der Waals surface area contributed by atoms with Crippen molar-refractivity contribution >= 4 is 5.91 Å². The zero-order valence-electron chi connectivity index (χ0n) is 14.3. The topological polar surface area (TPSA) is 83.9 Å². The first kappa shape index (κ1) is 16.4. The first-order valence-corrected chi connectivity index (χ1v) is 8.35. The van der Waals surface area contributed by atoms with Crippen LogP contribution in [0.4, 0.5) is 0 Å². The number of aromatic amines is 1. The third kappa shape index (κ3) is 2.98. The van der Waals surface area contributed by atoms with Gasteiger partial charge in [0.15, 0.2) is 5.43 Å². The predicted octanol–water partition coefficient (Wildman–Crippen LogP) is 1.88. The molecule has 1 aliphatic heterocycles. The first-order valence-electron chi connectivity index (χ1n) is 8.35. The highest BCUT2D eigenvalue weighted by Crippen LogP contribution is 2.27. The van der Waals surface area contributed by atoms with E-state index in [1.807, 2.05) is 0 Å². The van der Waals surface area contributed by atoms with Gasteiger partial charge in [-0.3, -0.25) is 9.59 Å². The van der Waals surface area contributed by atoms with Crippen LogP contribution < -0.4 is 5.43 Å². The molecule has 7 heteroatoms. The van der Waals surface area contributed by atoms with Gasteiger partial charge in [-0.05, 0) is 33.6 Å². The van der Waals surface area contributed by atoms with E-state index < -0.39 is 0 Å². The zero-order chi connectivity index (χ0) is 17.3. The number of H-pyrrole nitrogens is 1. The van der Waals surface area contributed by atoms with Gasteiger partial charge in [-0.1, -0.05) is 0 Å². The van der Waals surface area contributed by atoms with Crippen LogP contribution in [0, 0.1) is 6.92 Å². The number of nitrogens with one attached hydrogen (secondary N) is 1. The maximum Gasteiger partial charge on any atom is 0.259 e. The van der Waals surface area contributed by atoms with E-state index in [1.54, 1.807) is 24.3 Å². The standard InChI is InChI=1S/C17H23N5O2/c1-11(2)22-10-19-20-16(22)13-5-4-6-21(9-13)17(24)14-8-18-7-12(3)15(14)23/h7-8,10-11,13H,4-6,9H2,1-3H3,(H,18,23). The molecule has 1 aliphatic rings. The molecule has 1 saturated heterocycles. The molecular weight excluding hydrogens is 306 g/mol. The van der Waals surface area contributed by atoms with Crippen molar-refractivity contribution in [3.05, 3.63) is 45.9 Å². The number of carbonyl (C=O) groups excluding carboxylic acids is 1. The Labute approximate surface area is 140 Å². The number of rotatable bonds is 3. The number of aryl methyl sites for hydroxylation is 1. The highest BCUT2D eigenvalue weighted by molar-refractivity contribution is 5.94. The second kappa shape index (κ2) is 6.59. The molecule has 2 aromatic heterocycles. The van der Waals surface area contributed by atoms with Gasteiger partial charge >= 0.3 is 0 Å². The Bertz CT molecular complexity index is 792. The molecule has 1 fully saturated rings. The lowest BCUT2D eigenvalue weighted by molar-refractivity contribution is 0.0701. The maximum absolute atomic E-state index is 12.8. The number of likely N-dealkylation sites (tertiary alicyclic amines) is 1. The van der Waals surface area contributed by atoms with Gasteiger partial charge in [-0.25, -0.2) is 0 Å². The first-order chi connectivity index (χ1) is 11.5. The number of carbonyl (C=O) groups is 1. The second-order valence-electron chi connectivity index (χ2n) is 6.66. The molecule has 128 valence electrons. The summed E-state index contributed by atoms with van der Waals surface area (Å²) in [6, 6.07) is 0.278. The fourth-order valence-electron chi connectivity index (χ4n) is 3.24. The van der Waals surface area contributed by atoms with Gasteiger partial charge in [0.05, 0.1) is 0 Å². The third-order valence-corrected chi connectivity index (χ3v) is 4.59. The van der Waals surface area contributed by atoms with Crippen molar-refractivity contribution in [2.45, 2.75) is 45.6 Å². The predicted molar refractivity (Wildman–Crippen MR) is 90.1 cm³/mol. The molecule has 2 aromatic rings.